The number of rotatable bonds is 53. The van der Waals surface area contributed by atoms with E-state index in [9.17, 15) is 19.8 Å². The number of aliphatic hydroxyl groups excluding tert-OH is 2. The number of ether oxygens (including phenoxy) is 1. The molecule has 67 heavy (non-hydrogen) atoms. The summed E-state index contributed by atoms with van der Waals surface area (Å²) in [6.07, 6.45) is 67.4. The Balaban J connectivity index is 4.59. The van der Waals surface area contributed by atoms with E-state index < -0.39 is 18.2 Å². The van der Waals surface area contributed by atoms with Gasteiger partial charge in [-0.05, 0) is 70.6 Å². The molecule has 0 radical (unpaired) electrons. The maximum absolute atomic E-state index is 13.3. The zero-order valence-corrected chi connectivity index (χ0v) is 44.8. The van der Waals surface area contributed by atoms with Crippen molar-refractivity contribution in [3.05, 3.63) is 48.6 Å². The van der Waals surface area contributed by atoms with Crippen molar-refractivity contribution in [2.75, 3.05) is 6.61 Å². The lowest BCUT2D eigenvalue weighted by atomic mass is 10.0. The van der Waals surface area contributed by atoms with Gasteiger partial charge in [0.15, 0.2) is 0 Å². The van der Waals surface area contributed by atoms with Crippen molar-refractivity contribution in [2.24, 2.45) is 0 Å². The minimum atomic E-state index is -0.793. The fourth-order valence-corrected chi connectivity index (χ4v) is 8.95. The second-order valence-electron chi connectivity index (χ2n) is 20.1. The molecule has 0 aliphatic carbocycles. The Bertz CT molecular complexity index is 1150. The highest BCUT2D eigenvalue weighted by molar-refractivity contribution is 5.77. The largest absolute Gasteiger partial charge is 0.462 e. The lowest BCUT2D eigenvalue weighted by Gasteiger charge is -2.24. The van der Waals surface area contributed by atoms with Crippen LogP contribution in [0.25, 0.3) is 0 Å². The molecule has 3 unspecified atom stereocenters. The minimum absolute atomic E-state index is 0.0679. The summed E-state index contributed by atoms with van der Waals surface area (Å²) in [6.45, 7) is 6.48. The standard InChI is InChI=1S/C61H113NO5/c1-4-7-10-13-16-19-22-25-28-29-30-31-33-36-39-42-45-48-51-54-61(66)67-57(52-49-46-43-40-37-34-32-26-23-20-17-14-11-8-5-2)55-60(65)62-58(56-63)59(64)53-50-47-44-41-38-35-27-24-21-18-15-12-9-6-3/h16,19,25,28,30-31,36,39,57-59,63-64H,4-15,17-18,20-24,26-27,29,32-35,37-38,40-56H2,1-3H3,(H,62,65)/b19-16-,28-25-,31-30-,39-36-. The molecule has 3 N–H and O–H groups in total. The van der Waals surface area contributed by atoms with Gasteiger partial charge in [0.2, 0.25) is 5.91 Å². The molecule has 392 valence electrons. The third-order valence-corrected chi connectivity index (χ3v) is 13.4. The summed E-state index contributed by atoms with van der Waals surface area (Å²) in [6, 6.07) is -0.707. The van der Waals surface area contributed by atoms with Gasteiger partial charge in [-0.25, -0.2) is 0 Å². The molecule has 0 fully saturated rings. The average molecular weight is 941 g/mol. The Morgan fingerprint density at radius 3 is 1.16 bits per heavy atom. The Morgan fingerprint density at radius 1 is 0.433 bits per heavy atom. The average Bonchev–Trinajstić information content (AvgIpc) is 3.32. The summed E-state index contributed by atoms with van der Waals surface area (Å²) in [4.78, 5) is 26.3. The zero-order valence-electron chi connectivity index (χ0n) is 44.8. The first kappa shape index (κ1) is 64.8. The van der Waals surface area contributed by atoms with Crippen LogP contribution in [0, 0.1) is 0 Å². The highest BCUT2D eigenvalue weighted by Crippen LogP contribution is 2.19. The molecule has 0 aromatic carbocycles. The molecule has 0 saturated heterocycles. The number of carbonyl (C=O) groups is 2. The van der Waals surface area contributed by atoms with Crippen molar-refractivity contribution in [2.45, 2.75) is 322 Å². The second kappa shape index (κ2) is 54.8. The van der Waals surface area contributed by atoms with Crippen LogP contribution in [0.5, 0.6) is 0 Å². The summed E-state index contributed by atoms with van der Waals surface area (Å²) in [5, 5.41) is 23.9. The summed E-state index contributed by atoms with van der Waals surface area (Å²) in [5.41, 5.74) is 0. The van der Waals surface area contributed by atoms with Gasteiger partial charge in [-0.15, -0.1) is 0 Å². The molecule has 0 aromatic heterocycles. The zero-order chi connectivity index (χ0) is 48.8. The minimum Gasteiger partial charge on any atom is -0.462 e. The van der Waals surface area contributed by atoms with Crippen molar-refractivity contribution < 1.29 is 24.5 Å². The van der Waals surface area contributed by atoms with E-state index in [1.54, 1.807) is 0 Å². The van der Waals surface area contributed by atoms with E-state index in [2.05, 4.69) is 74.7 Å². The first-order valence-corrected chi connectivity index (χ1v) is 29.4. The Hall–Kier alpha value is -2.18. The van der Waals surface area contributed by atoms with E-state index >= 15 is 0 Å². The number of hydrogen-bond donors (Lipinski definition) is 3. The van der Waals surface area contributed by atoms with Crippen LogP contribution >= 0.6 is 0 Å². The van der Waals surface area contributed by atoms with Crippen molar-refractivity contribution in [1.29, 1.82) is 0 Å². The number of esters is 1. The van der Waals surface area contributed by atoms with E-state index in [0.29, 0.717) is 19.3 Å². The van der Waals surface area contributed by atoms with Crippen LogP contribution in [0.1, 0.15) is 303 Å². The summed E-state index contributed by atoms with van der Waals surface area (Å²) in [7, 11) is 0. The maximum Gasteiger partial charge on any atom is 0.306 e. The predicted molar refractivity (Wildman–Crippen MR) is 292 cm³/mol. The highest BCUT2D eigenvalue weighted by Gasteiger charge is 2.24. The molecule has 0 saturated carbocycles. The Labute approximate surface area is 416 Å². The van der Waals surface area contributed by atoms with Crippen LogP contribution < -0.4 is 5.32 Å². The normalized spacial score (nSPS) is 13.4. The molecule has 6 nitrogen and oxygen atoms in total. The van der Waals surface area contributed by atoms with Crippen molar-refractivity contribution in [3.8, 4) is 0 Å². The molecule has 0 spiro atoms. The van der Waals surface area contributed by atoms with E-state index in [4.69, 9.17) is 4.74 Å². The summed E-state index contributed by atoms with van der Waals surface area (Å²) >= 11 is 0. The highest BCUT2D eigenvalue weighted by atomic mass is 16.5. The third-order valence-electron chi connectivity index (χ3n) is 13.4. The summed E-state index contributed by atoms with van der Waals surface area (Å²) in [5.74, 6) is -0.495. The van der Waals surface area contributed by atoms with Gasteiger partial charge >= 0.3 is 5.97 Å². The molecule has 6 heteroatoms. The number of unbranched alkanes of at least 4 members (excludes halogenated alkanes) is 33. The van der Waals surface area contributed by atoms with Gasteiger partial charge in [-0.1, -0.05) is 268 Å². The van der Waals surface area contributed by atoms with Crippen molar-refractivity contribution in [1.82, 2.24) is 5.32 Å². The van der Waals surface area contributed by atoms with Crippen LogP contribution in [0.15, 0.2) is 48.6 Å². The first-order valence-electron chi connectivity index (χ1n) is 29.4. The van der Waals surface area contributed by atoms with Crippen LogP contribution in [0.3, 0.4) is 0 Å². The van der Waals surface area contributed by atoms with Crippen LogP contribution in [-0.2, 0) is 14.3 Å². The fourth-order valence-electron chi connectivity index (χ4n) is 8.95. The SMILES string of the molecule is CCCCC/C=C\C/C=C\C/C=C\C/C=C\CCCCCC(=O)OC(CCCCCCCCCCCCCCCCC)CC(=O)NC(CO)C(O)CCCCCCCCCCCCCCCC. The number of aliphatic hydroxyl groups is 2. The molecule has 0 aliphatic rings. The number of carbonyl (C=O) groups excluding carboxylic acids is 2. The van der Waals surface area contributed by atoms with Gasteiger partial charge in [0.25, 0.3) is 0 Å². The lowest BCUT2D eigenvalue weighted by Crippen LogP contribution is -2.46. The van der Waals surface area contributed by atoms with E-state index in [-0.39, 0.29) is 24.9 Å². The van der Waals surface area contributed by atoms with E-state index in [0.717, 1.165) is 77.0 Å². The molecule has 0 aromatic rings. The Morgan fingerprint density at radius 2 is 0.761 bits per heavy atom. The molecule has 0 aliphatic heterocycles. The monoisotopic (exact) mass is 940 g/mol. The fraction of sp³-hybridized carbons (Fsp3) is 0.836. The lowest BCUT2D eigenvalue weighted by molar-refractivity contribution is -0.151. The second-order valence-corrected chi connectivity index (χ2v) is 20.1. The quantitative estimate of drug-likeness (QED) is 0.0321. The molecule has 3 atom stereocenters. The van der Waals surface area contributed by atoms with Crippen LogP contribution in [-0.4, -0.2) is 46.9 Å². The number of amides is 1. The van der Waals surface area contributed by atoms with Gasteiger partial charge < -0.3 is 20.3 Å². The number of hydrogen-bond acceptors (Lipinski definition) is 5. The van der Waals surface area contributed by atoms with Crippen molar-refractivity contribution >= 4 is 11.9 Å². The molecular formula is C61H113NO5. The predicted octanol–water partition coefficient (Wildman–Crippen LogP) is 18.2. The molecule has 1 amide bonds. The first-order chi connectivity index (χ1) is 33.0. The molecular weight excluding hydrogens is 827 g/mol. The molecule has 0 rings (SSSR count). The van der Waals surface area contributed by atoms with Gasteiger partial charge in [0.05, 0.1) is 25.2 Å². The van der Waals surface area contributed by atoms with Crippen LogP contribution in [0.2, 0.25) is 0 Å². The molecule has 0 heterocycles. The molecule has 0 bridgehead atoms. The number of allylic oxidation sites excluding steroid dienone is 8. The summed E-state index contributed by atoms with van der Waals surface area (Å²) < 4.78 is 5.96. The van der Waals surface area contributed by atoms with Crippen molar-refractivity contribution in [3.63, 3.8) is 0 Å². The maximum atomic E-state index is 13.3. The number of nitrogens with one attached hydrogen (secondary N) is 1. The van der Waals surface area contributed by atoms with Crippen LogP contribution in [0.4, 0.5) is 0 Å². The van der Waals surface area contributed by atoms with E-state index in [1.807, 2.05) is 0 Å². The third kappa shape index (κ3) is 50.0. The Kier molecular flexibility index (Phi) is 53.0. The smallest absolute Gasteiger partial charge is 0.306 e. The van der Waals surface area contributed by atoms with Gasteiger partial charge in [0.1, 0.15) is 6.10 Å². The topological polar surface area (TPSA) is 95.9 Å². The van der Waals surface area contributed by atoms with E-state index in [1.165, 1.54) is 180 Å². The van der Waals surface area contributed by atoms with Gasteiger partial charge in [-0.2, -0.15) is 0 Å². The van der Waals surface area contributed by atoms with Gasteiger partial charge in [-0.3, -0.25) is 9.59 Å². The van der Waals surface area contributed by atoms with Gasteiger partial charge in [0, 0.05) is 6.42 Å².